The third kappa shape index (κ3) is 4.15. The van der Waals surface area contributed by atoms with E-state index in [9.17, 15) is 0 Å². The van der Waals surface area contributed by atoms with Crippen LogP contribution in [0.2, 0.25) is 0 Å². The van der Waals surface area contributed by atoms with Crippen LogP contribution in [0, 0.1) is 24.2 Å². The van der Waals surface area contributed by atoms with Gasteiger partial charge in [0.15, 0.2) is 0 Å². The Morgan fingerprint density at radius 3 is 2.86 bits per heavy atom. The van der Waals surface area contributed by atoms with Crippen LogP contribution in [0.4, 0.5) is 0 Å². The molecule has 0 aromatic rings. The first-order chi connectivity index (χ1) is 6.72. The first-order valence-electron chi connectivity index (χ1n) is 5.89. The van der Waals surface area contributed by atoms with E-state index in [1.54, 1.807) is 0 Å². The highest BCUT2D eigenvalue weighted by molar-refractivity contribution is 4.89. The lowest BCUT2D eigenvalue weighted by Gasteiger charge is -2.30. The topological polar surface area (TPSA) is 12.0 Å². The maximum absolute atomic E-state index is 5.25. The Morgan fingerprint density at radius 1 is 1.43 bits per heavy atom. The summed E-state index contributed by atoms with van der Waals surface area (Å²) in [5.74, 6) is 4.43. The van der Waals surface area contributed by atoms with Crippen LogP contribution in [0.3, 0.4) is 0 Å². The van der Waals surface area contributed by atoms with Crippen LogP contribution in [0.25, 0.3) is 0 Å². The third-order valence-electron chi connectivity index (χ3n) is 3.08. The van der Waals surface area contributed by atoms with Gasteiger partial charge < -0.3 is 5.32 Å². The van der Waals surface area contributed by atoms with Crippen LogP contribution in [0.5, 0.6) is 0 Å². The largest absolute Gasteiger partial charge is 0.303 e. The fourth-order valence-corrected chi connectivity index (χ4v) is 2.56. The van der Waals surface area contributed by atoms with Gasteiger partial charge in [0, 0.05) is 6.04 Å². The molecule has 0 amide bonds. The monoisotopic (exact) mass is 193 g/mol. The molecular formula is C13H23N. The molecule has 0 aromatic heterocycles. The molecule has 1 aliphatic carbocycles. The van der Waals surface area contributed by atoms with Gasteiger partial charge in [-0.25, -0.2) is 0 Å². The quantitative estimate of drug-likeness (QED) is 0.677. The second kappa shape index (κ2) is 6.09. The van der Waals surface area contributed by atoms with Crippen molar-refractivity contribution >= 4 is 0 Å². The average Bonchev–Trinajstić information content (AvgIpc) is 2.14. The second-order valence-corrected chi connectivity index (χ2v) is 4.94. The molecule has 1 fully saturated rings. The fourth-order valence-electron chi connectivity index (χ4n) is 2.56. The minimum atomic E-state index is 0.684. The molecule has 0 spiro atoms. The van der Waals surface area contributed by atoms with Crippen molar-refractivity contribution < 1.29 is 0 Å². The number of nitrogens with one attached hydrogen (secondary N) is 1. The van der Waals surface area contributed by atoms with Gasteiger partial charge in [-0.3, -0.25) is 0 Å². The Hall–Kier alpha value is -0.480. The average molecular weight is 193 g/mol. The van der Waals surface area contributed by atoms with Gasteiger partial charge in [-0.05, 0) is 31.1 Å². The van der Waals surface area contributed by atoms with E-state index in [0.717, 1.165) is 18.4 Å². The molecule has 2 atom stereocenters. The van der Waals surface area contributed by atoms with Crippen LogP contribution in [-0.2, 0) is 0 Å². The highest BCUT2D eigenvalue weighted by atomic mass is 14.9. The number of terminal acetylenes is 1. The van der Waals surface area contributed by atoms with Gasteiger partial charge in [0.25, 0.3) is 0 Å². The summed E-state index contributed by atoms with van der Waals surface area (Å²) in [5.41, 5.74) is 0. The van der Waals surface area contributed by atoms with E-state index in [1.165, 1.54) is 32.1 Å². The molecule has 14 heavy (non-hydrogen) atoms. The summed E-state index contributed by atoms with van der Waals surface area (Å²) in [4.78, 5) is 0. The van der Waals surface area contributed by atoms with Crippen LogP contribution in [-0.4, -0.2) is 12.6 Å². The Labute approximate surface area is 88.7 Å². The van der Waals surface area contributed by atoms with Gasteiger partial charge in [0.1, 0.15) is 0 Å². The van der Waals surface area contributed by atoms with Gasteiger partial charge in [0.2, 0.25) is 0 Å². The first kappa shape index (κ1) is 11.6. The van der Waals surface area contributed by atoms with Crippen LogP contribution < -0.4 is 5.32 Å². The summed E-state index contributed by atoms with van der Waals surface area (Å²) in [5, 5.41) is 3.44. The molecule has 1 nitrogen and oxygen atoms in total. The molecular weight excluding hydrogens is 170 g/mol. The molecule has 2 unspecified atom stereocenters. The van der Waals surface area contributed by atoms with Crippen LogP contribution in [0.15, 0.2) is 0 Å². The molecule has 1 heteroatoms. The van der Waals surface area contributed by atoms with Gasteiger partial charge in [-0.2, -0.15) is 0 Å². The Bertz CT molecular complexity index is 190. The molecule has 0 heterocycles. The van der Waals surface area contributed by atoms with E-state index in [4.69, 9.17) is 6.42 Å². The summed E-state index contributed by atoms with van der Waals surface area (Å²) in [7, 11) is 0. The smallest absolute Gasteiger partial charge is 0.0575 e. The number of hydrogen-bond donors (Lipinski definition) is 1. The van der Waals surface area contributed by atoms with E-state index in [0.29, 0.717) is 6.04 Å². The summed E-state index contributed by atoms with van der Waals surface area (Å²) < 4.78 is 0. The number of hydrogen-bond acceptors (Lipinski definition) is 1. The fraction of sp³-hybridized carbons (Fsp3) is 0.846. The zero-order valence-electron chi connectivity index (χ0n) is 9.55. The zero-order valence-corrected chi connectivity index (χ0v) is 9.55. The minimum absolute atomic E-state index is 0.684. The maximum atomic E-state index is 5.25. The second-order valence-electron chi connectivity index (χ2n) is 4.94. The molecule has 1 saturated carbocycles. The SMILES string of the molecule is C#CCNC1CCCC(CC(C)C)C1. The van der Waals surface area contributed by atoms with Gasteiger partial charge in [-0.15, -0.1) is 6.42 Å². The Kier molecular flexibility index (Phi) is 5.04. The van der Waals surface area contributed by atoms with Gasteiger partial charge in [-0.1, -0.05) is 32.6 Å². The van der Waals surface area contributed by atoms with Crippen molar-refractivity contribution in [1.82, 2.24) is 5.32 Å². The molecule has 0 saturated heterocycles. The molecule has 1 rings (SSSR count). The lowest BCUT2D eigenvalue weighted by Crippen LogP contribution is -2.34. The van der Waals surface area contributed by atoms with Gasteiger partial charge >= 0.3 is 0 Å². The Morgan fingerprint density at radius 2 is 2.21 bits per heavy atom. The Balaban J connectivity index is 2.25. The molecule has 0 aliphatic heterocycles. The van der Waals surface area contributed by atoms with Crippen LogP contribution >= 0.6 is 0 Å². The minimum Gasteiger partial charge on any atom is -0.303 e. The molecule has 0 aromatic carbocycles. The van der Waals surface area contributed by atoms with Crippen molar-refractivity contribution in [2.24, 2.45) is 11.8 Å². The molecule has 1 aliphatic rings. The van der Waals surface area contributed by atoms with Gasteiger partial charge in [0.05, 0.1) is 6.54 Å². The van der Waals surface area contributed by atoms with E-state index < -0.39 is 0 Å². The highest BCUT2D eigenvalue weighted by Gasteiger charge is 2.21. The molecule has 1 N–H and O–H groups in total. The summed E-state index contributed by atoms with van der Waals surface area (Å²) in [6, 6.07) is 0.684. The van der Waals surface area contributed by atoms with E-state index in [-0.39, 0.29) is 0 Å². The standard InChI is InChI=1S/C13H23N/c1-4-8-14-13-7-5-6-12(10-13)9-11(2)3/h1,11-14H,5-10H2,2-3H3. The van der Waals surface area contributed by atoms with Crippen molar-refractivity contribution in [3.63, 3.8) is 0 Å². The zero-order chi connectivity index (χ0) is 10.4. The van der Waals surface area contributed by atoms with E-state index >= 15 is 0 Å². The molecule has 80 valence electrons. The third-order valence-corrected chi connectivity index (χ3v) is 3.08. The summed E-state index contributed by atoms with van der Waals surface area (Å²) in [6.45, 7) is 5.37. The number of rotatable bonds is 4. The highest BCUT2D eigenvalue weighted by Crippen LogP contribution is 2.29. The van der Waals surface area contributed by atoms with Crippen molar-refractivity contribution in [1.29, 1.82) is 0 Å². The van der Waals surface area contributed by atoms with Crippen molar-refractivity contribution in [2.45, 2.75) is 52.0 Å². The van der Waals surface area contributed by atoms with Crippen molar-refractivity contribution in [2.75, 3.05) is 6.54 Å². The lowest BCUT2D eigenvalue weighted by molar-refractivity contribution is 0.257. The van der Waals surface area contributed by atoms with Crippen molar-refractivity contribution in [3.8, 4) is 12.3 Å². The molecule has 0 radical (unpaired) electrons. The van der Waals surface area contributed by atoms with E-state index in [1.807, 2.05) is 0 Å². The maximum Gasteiger partial charge on any atom is 0.0575 e. The first-order valence-corrected chi connectivity index (χ1v) is 5.89. The normalized spacial score (nSPS) is 27.6. The van der Waals surface area contributed by atoms with Crippen LogP contribution in [0.1, 0.15) is 46.0 Å². The molecule has 0 bridgehead atoms. The summed E-state index contributed by atoms with van der Waals surface area (Å²) in [6.07, 6.45) is 12.1. The predicted octanol–water partition coefficient (Wildman–Crippen LogP) is 2.81. The predicted molar refractivity (Wildman–Crippen MR) is 62.0 cm³/mol. The van der Waals surface area contributed by atoms with Crippen molar-refractivity contribution in [3.05, 3.63) is 0 Å². The lowest BCUT2D eigenvalue weighted by atomic mass is 9.81. The van der Waals surface area contributed by atoms with E-state index in [2.05, 4.69) is 25.1 Å². The summed E-state index contributed by atoms with van der Waals surface area (Å²) >= 11 is 0.